The fraction of sp³-hybridized carbons (Fsp3) is 0.750. The highest BCUT2D eigenvalue weighted by Crippen LogP contribution is 2.36. The number of β-amino-alcohol motifs (C(OH)–C–C–N with tert-alkyl or cyclic N) is 1. The molecule has 2 heterocycles. The number of aliphatic hydroxyl groups is 1. The van der Waals surface area contributed by atoms with Gasteiger partial charge in [0.2, 0.25) is 0 Å². The van der Waals surface area contributed by atoms with Crippen molar-refractivity contribution >= 4 is 30.7 Å². The molecule has 136 valence electrons. The first-order chi connectivity index (χ1) is 11.0. The smallest absolute Gasteiger partial charge is 0.273 e. The molecule has 1 aliphatic heterocycles. The number of aliphatic hydroxyl groups excluding tert-OH is 1. The Hall–Kier alpha value is -0.963. The third kappa shape index (κ3) is 4.36. The van der Waals surface area contributed by atoms with Gasteiger partial charge in [-0.15, -0.1) is 11.3 Å². The SMILES string of the molecule is CN(CCO[Si](C)(C)C(C)(C)C)C(=O)c1csc(N2CC(O)C2)n1. The van der Waals surface area contributed by atoms with Crippen molar-refractivity contribution < 1.29 is 14.3 Å². The highest BCUT2D eigenvalue weighted by molar-refractivity contribution is 7.14. The first kappa shape index (κ1) is 19.4. The van der Waals surface area contributed by atoms with Crippen molar-refractivity contribution in [2.24, 2.45) is 0 Å². The summed E-state index contributed by atoms with van der Waals surface area (Å²) in [6.07, 6.45) is -0.275. The average Bonchev–Trinajstić information content (AvgIpc) is 2.90. The molecule has 6 nitrogen and oxygen atoms in total. The van der Waals surface area contributed by atoms with Gasteiger partial charge in [0, 0.05) is 32.1 Å². The normalized spacial score (nSPS) is 16.2. The van der Waals surface area contributed by atoms with E-state index in [1.165, 1.54) is 11.3 Å². The van der Waals surface area contributed by atoms with Crippen LogP contribution in [0.2, 0.25) is 18.1 Å². The number of amides is 1. The van der Waals surface area contributed by atoms with Crippen LogP contribution in [0.1, 0.15) is 31.3 Å². The first-order valence-corrected chi connectivity index (χ1v) is 12.1. The van der Waals surface area contributed by atoms with E-state index in [9.17, 15) is 9.90 Å². The highest BCUT2D eigenvalue weighted by Gasteiger charge is 2.37. The summed E-state index contributed by atoms with van der Waals surface area (Å²) >= 11 is 1.44. The van der Waals surface area contributed by atoms with E-state index < -0.39 is 8.32 Å². The van der Waals surface area contributed by atoms with Gasteiger partial charge in [-0.25, -0.2) is 4.98 Å². The van der Waals surface area contributed by atoms with Crippen LogP contribution in [0.5, 0.6) is 0 Å². The fourth-order valence-electron chi connectivity index (χ4n) is 2.07. The van der Waals surface area contributed by atoms with Gasteiger partial charge < -0.3 is 19.3 Å². The Balaban J connectivity index is 1.84. The van der Waals surface area contributed by atoms with E-state index in [0.717, 1.165) is 5.13 Å². The molecule has 0 radical (unpaired) electrons. The Bertz CT molecular complexity index is 579. The van der Waals surface area contributed by atoms with Crippen molar-refractivity contribution in [3.63, 3.8) is 0 Å². The number of nitrogens with zero attached hydrogens (tertiary/aromatic N) is 3. The third-order valence-electron chi connectivity index (χ3n) is 4.89. The van der Waals surface area contributed by atoms with Crippen LogP contribution in [0.4, 0.5) is 5.13 Å². The van der Waals surface area contributed by atoms with E-state index in [-0.39, 0.29) is 17.0 Å². The standard InChI is InChI=1S/C16H29N3O3SSi/c1-16(2,3)24(5,6)22-8-7-18(4)14(21)13-11-23-15(17-13)19-9-12(20)10-19/h11-12,20H,7-10H2,1-6H3. The van der Waals surface area contributed by atoms with E-state index in [0.29, 0.717) is 31.9 Å². The molecule has 1 saturated heterocycles. The summed E-state index contributed by atoms with van der Waals surface area (Å²) in [4.78, 5) is 20.5. The monoisotopic (exact) mass is 371 g/mol. The van der Waals surface area contributed by atoms with E-state index in [4.69, 9.17) is 4.43 Å². The van der Waals surface area contributed by atoms with Crippen LogP contribution in [0.25, 0.3) is 0 Å². The molecular weight excluding hydrogens is 342 g/mol. The van der Waals surface area contributed by atoms with Crippen molar-refractivity contribution in [2.45, 2.75) is 45.0 Å². The largest absolute Gasteiger partial charge is 0.415 e. The Labute approximate surface area is 149 Å². The quantitative estimate of drug-likeness (QED) is 0.778. The van der Waals surface area contributed by atoms with Crippen LogP contribution in [0, 0.1) is 0 Å². The molecule has 8 heteroatoms. The third-order valence-corrected chi connectivity index (χ3v) is 10.3. The molecule has 0 atom stereocenters. The topological polar surface area (TPSA) is 65.9 Å². The van der Waals surface area contributed by atoms with Crippen molar-refractivity contribution in [3.8, 4) is 0 Å². The van der Waals surface area contributed by atoms with Crippen LogP contribution in [0.3, 0.4) is 0 Å². The second-order valence-corrected chi connectivity index (χ2v) is 13.6. The Morgan fingerprint density at radius 2 is 2.12 bits per heavy atom. The van der Waals surface area contributed by atoms with Gasteiger partial charge in [-0.1, -0.05) is 20.8 Å². The van der Waals surface area contributed by atoms with Crippen molar-refractivity contribution in [2.75, 3.05) is 38.2 Å². The number of thiazole rings is 1. The first-order valence-electron chi connectivity index (χ1n) is 8.29. The van der Waals surface area contributed by atoms with Crippen molar-refractivity contribution in [1.29, 1.82) is 0 Å². The fourth-order valence-corrected chi connectivity index (χ4v) is 3.92. The summed E-state index contributed by atoms with van der Waals surface area (Å²) in [5.41, 5.74) is 0.464. The van der Waals surface area contributed by atoms with E-state index in [1.54, 1.807) is 17.3 Å². The number of anilines is 1. The van der Waals surface area contributed by atoms with Gasteiger partial charge in [-0.3, -0.25) is 4.79 Å². The molecule has 1 N–H and O–H groups in total. The predicted molar refractivity (Wildman–Crippen MR) is 100 cm³/mol. The molecule has 24 heavy (non-hydrogen) atoms. The Kier molecular flexibility index (Phi) is 5.74. The average molecular weight is 372 g/mol. The van der Waals surface area contributed by atoms with Gasteiger partial charge in [0.05, 0.1) is 12.7 Å². The molecule has 0 bridgehead atoms. The number of likely N-dealkylation sites (N-methyl/N-ethyl adjacent to an activating group) is 1. The molecular formula is C16H29N3O3SSi. The number of rotatable bonds is 6. The second kappa shape index (κ2) is 7.11. The minimum Gasteiger partial charge on any atom is -0.415 e. The molecule has 0 saturated carbocycles. The van der Waals surface area contributed by atoms with Crippen molar-refractivity contribution in [3.05, 3.63) is 11.1 Å². The Morgan fingerprint density at radius 3 is 2.67 bits per heavy atom. The highest BCUT2D eigenvalue weighted by atomic mass is 32.1. The molecule has 1 aliphatic rings. The lowest BCUT2D eigenvalue weighted by molar-refractivity contribution is 0.0765. The molecule has 1 aromatic heterocycles. The van der Waals surface area contributed by atoms with Crippen LogP contribution in [0.15, 0.2) is 5.38 Å². The van der Waals surface area contributed by atoms with Gasteiger partial charge >= 0.3 is 0 Å². The summed E-state index contributed by atoms with van der Waals surface area (Å²) in [7, 11) is -0.000866. The number of carbonyl (C=O) groups excluding carboxylic acids is 1. The van der Waals surface area contributed by atoms with Gasteiger partial charge in [-0.05, 0) is 18.1 Å². The van der Waals surface area contributed by atoms with E-state index >= 15 is 0 Å². The number of carbonyl (C=O) groups is 1. The van der Waals surface area contributed by atoms with E-state index in [1.807, 2.05) is 4.90 Å². The van der Waals surface area contributed by atoms with Gasteiger partial charge in [0.1, 0.15) is 5.69 Å². The zero-order valence-electron chi connectivity index (χ0n) is 15.5. The molecule has 0 unspecified atom stereocenters. The molecule has 2 rings (SSSR count). The predicted octanol–water partition coefficient (Wildman–Crippen LogP) is 2.42. The molecule has 1 fully saturated rings. The summed E-state index contributed by atoms with van der Waals surface area (Å²) < 4.78 is 6.12. The maximum Gasteiger partial charge on any atom is 0.273 e. The zero-order chi connectivity index (χ0) is 18.1. The lowest BCUT2D eigenvalue weighted by Gasteiger charge is -2.36. The summed E-state index contributed by atoms with van der Waals surface area (Å²) in [5.74, 6) is -0.0857. The maximum absolute atomic E-state index is 12.5. The minimum absolute atomic E-state index is 0.0857. The summed E-state index contributed by atoms with van der Waals surface area (Å²) in [6.45, 7) is 13.3. The Morgan fingerprint density at radius 1 is 1.50 bits per heavy atom. The van der Waals surface area contributed by atoms with E-state index in [2.05, 4.69) is 38.8 Å². The van der Waals surface area contributed by atoms with Gasteiger partial charge in [0.15, 0.2) is 13.4 Å². The lowest BCUT2D eigenvalue weighted by atomic mass is 10.2. The lowest BCUT2D eigenvalue weighted by Crippen LogP contribution is -2.50. The number of hydrogen-bond acceptors (Lipinski definition) is 6. The molecule has 1 aromatic rings. The second-order valence-electron chi connectivity index (χ2n) is 7.91. The maximum atomic E-state index is 12.5. The summed E-state index contributed by atoms with van der Waals surface area (Å²) in [6, 6.07) is 0. The van der Waals surface area contributed by atoms with Crippen LogP contribution < -0.4 is 4.90 Å². The van der Waals surface area contributed by atoms with Gasteiger partial charge in [0.25, 0.3) is 5.91 Å². The summed E-state index contributed by atoms with van der Waals surface area (Å²) in [5, 5.41) is 12.1. The molecule has 1 amide bonds. The minimum atomic E-state index is -1.78. The van der Waals surface area contributed by atoms with Crippen LogP contribution >= 0.6 is 11.3 Å². The van der Waals surface area contributed by atoms with Crippen molar-refractivity contribution in [1.82, 2.24) is 9.88 Å². The molecule has 0 spiro atoms. The number of aromatic nitrogens is 1. The molecule has 0 aromatic carbocycles. The zero-order valence-corrected chi connectivity index (χ0v) is 17.3. The molecule has 0 aliphatic carbocycles. The van der Waals surface area contributed by atoms with Crippen LogP contribution in [-0.4, -0.2) is 68.6 Å². The number of hydrogen-bond donors (Lipinski definition) is 1. The van der Waals surface area contributed by atoms with Gasteiger partial charge in [-0.2, -0.15) is 0 Å². The van der Waals surface area contributed by atoms with Crippen LogP contribution in [-0.2, 0) is 4.43 Å².